The summed E-state index contributed by atoms with van der Waals surface area (Å²) in [5.41, 5.74) is 1.48. The highest BCUT2D eigenvalue weighted by Gasteiger charge is 2.13. The number of amides is 1. The van der Waals surface area contributed by atoms with Gasteiger partial charge in [-0.15, -0.1) is 0 Å². The number of ether oxygens (including phenoxy) is 1. The minimum absolute atomic E-state index is 0.195. The van der Waals surface area contributed by atoms with E-state index in [0.29, 0.717) is 28.3 Å². The molecule has 0 unspecified atom stereocenters. The summed E-state index contributed by atoms with van der Waals surface area (Å²) in [4.78, 5) is 12.5. The summed E-state index contributed by atoms with van der Waals surface area (Å²) in [6, 6.07) is 16.2. The van der Waals surface area contributed by atoms with E-state index >= 15 is 0 Å². The summed E-state index contributed by atoms with van der Waals surface area (Å²) in [5.74, 6) is 6.56. The van der Waals surface area contributed by atoms with Gasteiger partial charge in [-0.1, -0.05) is 35.2 Å². The second kappa shape index (κ2) is 8.63. The molecule has 3 rings (SSSR count). The maximum absolute atomic E-state index is 12.5. The number of hydrogen-bond donors (Lipinski definition) is 2. The van der Waals surface area contributed by atoms with Crippen LogP contribution in [0.2, 0.25) is 0 Å². The Hall–Kier alpha value is -3.56. The summed E-state index contributed by atoms with van der Waals surface area (Å²) >= 11 is 0. The van der Waals surface area contributed by atoms with Crippen LogP contribution in [0.4, 0.5) is 0 Å². The fraction of sp³-hybridized carbons (Fsp3) is 0.217. The molecular formula is C23H22N2O4. The van der Waals surface area contributed by atoms with E-state index in [1.54, 1.807) is 51.3 Å². The Bertz CT molecular complexity index is 1070. The molecule has 0 aliphatic rings. The van der Waals surface area contributed by atoms with Crippen LogP contribution in [0.3, 0.4) is 0 Å². The number of nitrogens with zero attached hydrogens (tertiary/aromatic N) is 1. The van der Waals surface area contributed by atoms with Crippen LogP contribution in [0.1, 0.15) is 35.5 Å². The van der Waals surface area contributed by atoms with Gasteiger partial charge in [-0.05, 0) is 44.2 Å². The number of para-hydroxylation sites is 1. The van der Waals surface area contributed by atoms with Crippen molar-refractivity contribution in [2.75, 3.05) is 7.11 Å². The summed E-state index contributed by atoms with van der Waals surface area (Å²) in [6.07, 6.45) is 0. The molecular weight excluding hydrogens is 368 g/mol. The lowest BCUT2D eigenvalue weighted by Crippen LogP contribution is -2.22. The van der Waals surface area contributed by atoms with Crippen molar-refractivity contribution in [3.05, 3.63) is 71.5 Å². The number of aromatic nitrogens is 1. The molecule has 0 fully saturated rings. The van der Waals surface area contributed by atoms with E-state index in [4.69, 9.17) is 9.26 Å². The van der Waals surface area contributed by atoms with Crippen molar-refractivity contribution in [1.29, 1.82) is 0 Å². The highest BCUT2D eigenvalue weighted by Crippen LogP contribution is 2.28. The number of methoxy groups -OCH3 is 1. The molecule has 0 aliphatic carbocycles. The summed E-state index contributed by atoms with van der Waals surface area (Å²) in [6.45, 7) is 3.40. The van der Waals surface area contributed by atoms with Gasteiger partial charge in [-0.25, -0.2) is 0 Å². The Labute approximate surface area is 169 Å². The van der Waals surface area contributed by atoms with Gasteiger partial charge in [0.2, 0.25) is 0 Å². The topological polar surface area (TPSA) is 84.6 Å². The zero-order valence-electron chi connectivity index (χ0n) is 16.5. The molecule has 0 aliphatic heterocycles. The van der Waals surface area contributed by atoms with Crippen molar-refractivity contribution in [3.8, 4) is 28.8 Å². The molecule has 0 saturated heterocycles. The van der Waals surface area contributed by atoms with E-state index in [0.717, 1.165) is 5.56 Å². The van der Waals surface area contributed by atoms with Crippen molar-refractivity contribution >= 4 is 5.91 Å². The first kappa shape index (κ1) is 20.2. The Morgan fingerprint density at radius 2 is 2.00 bits per heavy atom. The molecule has 0 bridgehead atoms. The van der Waals surface area contributed by atoms with Gasteiger partial charge in [0.15, 0.2) is 5.76 Å². The molecule has 6 nitrogen and oxygen atoms in total. The molecule has 1 amide bonds. The van der Waals surface area contributed by atoms with Crippen LogP contribution >= 0.6 is 0 Å². The quantitative estimate of drug-likeness (QED) is 0.652. The first-order valence-electron chi connectivity index (χ1n) is 9.08. The van der Waals surface area contributed by atoms with Gasteiger partial charge in [-0.3, -0.25) is 4.79 Å². The Morgan fingerprint density at radius 3 is 2.76 bits per heavy atom. The summed E-state index contributed by atoms with van der Waals surface area (Å²) in [7, 11) is 1.60. The minimum Gasteiger partial charge on any atom is -0.496 e. The fourth-order valence-electron chi connectivity index (χ4n) is 2.61. The van der Waals surface area contributed by atoms with Crippen LogP contribution in [-0.4, -0.2) is 28.9 Å². The van der Waals surface area contributed by atoms with Gasteiger partial charge in [0, 0.05) is 22.8 Å². The van der Waals surface area contributed by atoms with Gasteiger partial charge in [0.25, 0.3) is 5.91 Å². The van der Waals surface area contributed by atoms with Crippen molar-refractivity contribution in [3.63, 3.8) is 0 Å². The van der Waals surface area contributed by atoms with Crippen molar-refractivity contribution in [1.82, 2.24) is 10.5 Å². The zero-order valence-corrected chi connectivity index (χ0v) is 16.5. The van der Waals surface area contributed by atoms with Gasteiger partial charge in [0.05, 0.1) is 13.7 Å². The summed E-state index contributed by atoms with van der Waals surface area (Å²) in [5, 5.41) is 16.6. The monoisotopic (exact) mass is 390 g/mol. The standard InChI is InChI=1S/C23H22N2O4/c1-23(2,27)12-11-16-7-6-8-17(13-16)22(26)24-15-18-14-20(25-29-18)19-9-4-5-10-21(19)28-3/h4-10,13-14,27H,15H2,1-3H3,(H,24,26). The smallest absolute Gasteiger partial charge is 0.251 e. The number of benzene rings is 2. The fourth-order valence-corrected chi connectivity index (χ4v) is 2.61. The predicted octanol–water partition coefficient (Wildman–Crippen LogP) is 3.40. The van der Waals surface area contributed by atoms with Gasteiger partial charge in [-0.2, -0.15) is 0 Å². The number of nitrogens with one attached hydrogen (secondary N) is 1. The molecule has 1 heterocycles. The van der Waals surface area contributed by atoms with Crippen LogP contribution in [0.5, 0.6) is 5.75 Å². The van der Waals surface area contributed by atoms with Crippen LogP contribution in [0, 0.1) is 11.8 Å². The number of carbonyl (C=O) groups is 1. The third-order valence-electron chi connectivity index (χ3n) is 4.00. The Balaban J connectivity index is 1.67. The van der Waals surface area contributed by atoms with Gasteiger partial charge in [0.1, 0.15) is 17.0 Å². The highest BCUT2D eigenvalue weighted by molar-refractivity contribution is 5.94. The maximum Gasteiger partial charge on any atom is 0.251 e. The molecule has 0 spiro atoms. The molecule has 0 saturated carbocycles. The molecule has 6 heteroatoms. The molecule has 2 N–H and O–H groups in total. The van der Waals surface area contributed by atoms with E-state index in [9.17, 15) is 9.90 Å². The molecule has 3 aromatic rings. The van der Waals surface area contributed by atoms with Crippen LogP contribution in [-0.2, 0) is 6.54 Å². The van der Waals surface area contributed by atoms with Crippen molar-refractivity contribution in [2.24, 2.45) is 0 Å². The third kappa shape index (κ3) is 5.47. The number of aliphatic hydroxyl groups is 1. The van der Waals surface area contributed by atoms with Crippen molar-refractivity contribution < 1.29 is 19.2 Å². The van der Waals surface area contributed by atoms with E-state index in [2.05, 4.69) is 22.3 Å². The van der Waals surface area contributed by atoms with Crippen molar-refractivity contribution in [2.45, 2.75) is 26.0 Å². The molecule has 0 radical (unpaired) electrons. The van der Waals surface area contributed by atoms with Crippen LogP contribution < -0.4 is 10.1 Å². The first-order chi connectivity index (χ1) is 13.9. The first-order valence-corrected chi connectivity index (χ1v) is 9.08. The number of rotatable bonds is 5. The van der Waals surface area contributed by atoms with E-state index in [1.807, 2.05) is 24.3 Å². The largest absolute Gasteiger partial charge is 0.496 e. The van der Waals surface area contributed by atoms with Crippen LogP contribution in [0.15, 0.2) is 59.1 Å². The van der Waals surface area contributed by atoms with Crippen LogP contribution in [0.25, 0.3) is 11.3 Å². The lowest BCUT2D eigenvalue weighted by atomic mass is 10.1. The SMILES string of the molecule is COc1ccccc1-c1cc(CNC(=O)c2cccc(C#CC(C)(C)O)c2)on1. The molecule has 1 aromatic heterocycles. The van der Waals surface area contributed by atoms with Gasteiger partial charge >= 0.3 is 0 Å². The predicted molar refractivity (Wildman–Crippen MR) is 109 cm³/mol. The number of hydrogen-bond acceptors (Lipinski definition) is 5. The van der Waals surface area contributed by atoms with E-state index in [1.165, 1.54) is 0 Å². The van der Waals surface area contributed by atoms with Gasteiger partial charge < -0.3 is 19.7 Å². The van der Waals surface area contributed by atoms with E-state index < -0.39 is 5.60 Å². The highest BCUT2D eigenvalue weighted by atomic mass is 16.5. The molecule has 148 valence electrons. The maximum atomic E-state index is 12.5. The number of carbonyl (C=O) groups excluding carboxylic acids is 1. The second-order valence-corrected chi connectivity index (χ2v) is 6.95. The molecule has 0 atom stereocenters. The lowest BCUT2D eigenvalue weighted by molar-refractivity contribution is 0.0947. The summed E-state index contributed by atoms with van der Waals surface area (Å²) < 4.78 is 10.7. The molecule has 29 heavy (non-hydrogen) atoms. The Kier molecular flexibility index (Phi) is 6.01. The zero-order chi connectivity index (χ0) is 20.9. The lowest BCUT2D eigenvalue weighted by Gasteiger charge is -2.06. The minimum atomic E-state index is -1.09. The second-order valence-electron chi connectivity index (χ2n) is 6.95. The normalized spacial score (nSPS) is 10.8. The Morgan fingerprint density at radius 1 is 1.21 bits per heavy atom. The third-order valence-corrected chi connectivity index (χ3v) is 4.00. The average Bonchev–Trinajstić information content (AvgIpc) is 3.19. The van der Waals surface area contributed by atoms with E-state index in [-0.39, 0.29) is 12.5 Å². The molecule has 2 aromatic carbocycles. The average molecular weight is 390 g/mol.